The molecule has 0 saturated heterocycles. The van der Waals surface area contributed by atoms with Gasteiger partial charge in [0.15, 0.2) is 0 Å². The largest absolute Gasteiger partial charge is 0.493 e. The summed E-state index contributed by atoms with van der Waals surface area (Å²) in [6.45, 7) is 2.70. The number of benzene rings is 1. The summed E-state index contributed by atoms with van der Waals surface area (Å²) >= 11 is 0. The van der Waals surface area contributed by atoms with Crippen LogP contribution < -0.4 is 15.4 Å². The van der Waals surface area contributed by atoms with Crippen molar-refractivity contribution in [2.45, 2.75) is 26.3 Å². The van der Waals surface area contributed by atoms with Crippen LogP contribution in [0, 0.1) is 6.92 Å². The molecule has 2 rings (SSSR count). The van der Waals surface area contributed by atoms with Gasteiger partial charge in [-0.1, -0.05) is 18.2 Å². The number of para-hydroxylation sites is 1. The molecule has 0 aliphatic carbocycles. The van der Waals surface area contributed by atoms with E-state index in [9.17, 15) is 9.59 Å². The Labute approximate surface area is 141 Å². The second kappa shape index (κ2) is 9.39. The first-order valence-corrected chi connectivity index (χ1v) is 7.89. The summed E-state index contributed by atoms with van der Waals surface area (Å²) < 4.78 is 10.7. The first-order valence-electron chi connectivity index (χ1n) is 7.89. The van der Waals surface area contributed by atoms with Crippen LogP contribution in [0.5, 0.6) is 5.75 Å². The predicted molar refractivity (Wildman–Crippen MR) is 89.5 cm³/mol. The lowest BCUT2D eigenvalue weighted by molar-refractivity contribution is -0.126. The molecule has 1 heterocycles. The number of amides is 2. The fourth-order valence-electron chi connectivity index (χ4n) is 2.06. The average Bonchev–Trinajstić information content (AvgIpc) is 3.10. The van der Waals surface area contributed by atoms with E-state index in [0.717, 1.165) is 11.3 Å². The van der Waals surface area contributed by atoms with E-state index in [1.54, 1.807) is 18.4 Å². The molecule has 0 spiro atoms. The normalized spacial score (nSPS) is 10.2. The zero-order valence-corrected chi connectivity index (χ0v) is 13.7. The minimum absolute atomic E-state index is 0.0435. The van der Waals surface area contributed by atoms with Crippen molar-refractivity contribution in [3.8, 4) is 5.75 Å². The third kappa shape index (κ3) is 6.16. The van der Waals surface area contributed by atoms with E-state index < -0.39 is 0 Å². The Balaban J connectivity index is 1.54. The number of nitrogens with one attached hydrogen (secondary N) is 2. The van der Waals surface area contributed by atoms with Crippen LogP contribution >= 0.6 is 0 Å². The summed E-state index contributed by atoms with van der Waals surface area (Å²) in [5.74, 6) is 1.07. The molecule has 0 aliphatic rings. The van der Waals surface area contributed by atoms with Crippen LogP contribution in [0.1, 0.15) is 24.2 Å². The Morgan fingerprint density at radius 1 is 1.08 bits per heavy atom. The fourth-order valence-corrected chi connectivity index (χ4v) is 2.06. The van der Waals surface area contributed by atoms with E-state index in [0.29, 0.717) is 31.8 Å². The van der Waals surface area contributed by atoms with E-state index >= 15 is 0 Å². The first-order chi connectivity index (χ1) is 11.6. The van der Waals surface area contributed by atoms with Gasteiger partial charge in [-0.25, -0.2) is 0 Å². The van der Waals surface area contributed by atoms with Gasteiger partial charge in [-0.3, -0.25) is 9.59 Å². The highest BCUT2D eigenvalue weighted by Gasteiger charge is 2.06. The lowest BCUT2D eigenvalue weighted by Gasteiger charge is -2.09. The lowest BCUT2D eigenvalue weighted by Crippen LogP contribution is -2.36. The van der Waals surface area contributed by atoms with Gasteiger partial charge in [-0.05, 0) is 37.1 Å². The van der Waals surface area contributed by atoms with E-state index in [-0.39, 0.29) is 18.4 Å². The van der Waals surface area contributed by atoms with Crippen LogP contribution in [0.2, 0.25) is 0 Å². The van der Waals surface area contributed by atoms with Crippen molar-refractivity contribution in [3.63, 3.8) is 0 Å². The number of carbonyl (C=O) groups is 2. The molecule has 0 atom stereocenters. The standard InChI is InChI=1S/C18H22N2O4/c1-14-6-2-3-8-16(14)24-11-5-9-17(21)20-13-18(22)19-12-15-7-4-10-23-15/h2-4,6-8,10H,5,9,11-13H2,1H3,(H,19,22)(H,20,21). The molecule has 0 radical (unpaired) electrons. The first kappa shape index (κ1) is 17.6. The smallest absolute Gasteiger partial charge is 0.239 e. The number of ether oxygens (including phenoxy) is 1. The van der Waals surface area contributed by atoms with Crippen molar-refractivity contribution in [1.29, 1.82) is 0 Å². The van der Waals surface area contributed by atoms with E-state index in [1.807, 2.05) is 31.2 Å². The number of carbonyl (C=O) groups excluding carboxylic acids is 2. The topological polar surface area (TPSA) is 80.6 Å². The second-order valence-electron chi connectivity index (χ2n) is 5.35. The monoisotopic (exact) mass is 330 g/mol. The number of furan rings is 1. The van der Waals surface area contributed by atoms with Gasteiger partial charge >= 0.3 is 0 Å². The molecule has 128 valence electrons. The number of rotatable bonds is 9. The maximum absolute atomic E-state index is 11.7. The van der Waals surface area contributed by atoms with Crippen LogP contribution in [0.15, 0.2) is 47.1 Å². The summed E-state index contributed by atoms with van der Waals surface area (Å²) in [5, 5.41) is 5.25. The Bertz CT molecular complexity index is 653. The van der Waals surface area contributed by atoms with Crippen LogP contribution in [-0.4, -0.2) is 25.0 Å². The highest BCUT2D eigenvalue weighted by atomic mass is 16.5. The molecule has 1 aromatic carbocycles. The highest BCUT2D eigenvalue weighted by Crippen LogP contribution is 2.16. The van der Waals surface area contributed by atoms with Gasteiger partial charge in [-0.15, -0.1) is 0 Å². The van der Waals surface area contributed by atoms with Gasteiger partial charge in [0.05, 0.1) is 26.0 Å². The van der Waals surface area contributed by atoms with Crippen LogP contribution in [0.25, 0.3) is 0 Å². The van der Waals surface area contributed by atoms with Crippen LogP contribution in [0.4, 0.5) is 0 Å². The molecule has 2 amide bonds. The molecule has 0 bridgehead atoms. The van der Waals surface area contributed by atoms with Gasteiger partial charge < -0.3 is 19.8 Å². The molecule has 0 aliphatic heterocycles. The molecule has 6 heteroatoms. The maximum Gasteiger partial charge on any atom is 0.239 e. The van der Waals surface area contributed by atoms with Crippen molar-refractivity contribution in [3.05, 3.63) is 54.0 Å². The predicted octanol–water partition coefficient (Wildman–Crippen LogP) is 2.18. The van der Waals surface area contributed by atoms with Crippen molar-refractivity contribution in [1.82, 2.24) is 10.6 Å². The maximum atomic E-state index is 11.7. The fraction of sp³-hybridized carbons (Fsp3) is 0.333. The highest BCUT2D eigenvalue weighted by molar-refractivity contribution is 5.84. The number of hydrogen-bond acceptors (Lipinski definition) is 4. The van der Waals surface area contributed by atoms with Crippen LogP contribution in [0.3, 0.4) is 0 Å². The summed E-state index contributed by atoms with van der Waals surface area (Å²) in [6.07, 6.45) is 2.45. The molecular formula is C18H22N2O4. The van der Waals surface area contributed by atoms with Gasteiger partial charge in [0, 0.05) is 6.42 Å². The molecule has 0 saturated carbocycles. The summed E-state index contributed by atoms with van der Waals surface area (Å²) in [7, 11) is 0. The summed E-state index contributed by atoms with van der Waals surface area (Å²) in [5.41, 5.74) is 1.06. The summed E-state index contributed by atoms with van der Waals surface area (Å²) in [4.78, 5) is 23.3. The molecular weight excluding hydrogens is 308 g/mol. The van der Waals surface area contributed by atoms with E-state index in [1.165, 1.54) is 0 Å². The number of aryl methyl sites for hydroxylation is 1. The molecule has 24 heavy (non-hydrogen) atoms. The molecule has 0 unspecified atom stereocenters. The zero-order chi connectivity index (χ0) is 17.2. The number of hydrogen-bond donors (Lipinski definition) is 2. The van der Waals surface area contributed by atoms with Gasteiger partial charge in [0.2, 0.25) is 11.8 Å². The quantitative estimate of drug-likeness (QED) is 0.691. The third-order valence-corrected chi connectivity index (χ3v) is 3.39. The van der Waals surface area contributed by atoms with Crippen molar-refractivity contribution >= 4 is 11.8 Å². The lowest BCUT2D eigenvalue weighted by atomic mass is 10.2. The Morgan fingerprint density at radius 2 is 1.92 bits per heavy atom. The summed E-state index contributed by atoms with van der Waals surface area (Å²) in [6, 6.07) is 11.3. The molecule has 6 nitrogen and oxygen atoms in total. The molecule has 2 N–H and O–H groups in total. The Hall–Kier alpha value is -2.76. The third-order valence-electron chi connectivity index (χ3n) is 3.39. The van der Waals surface area contributed by atoms with Crippen molar-refractivity contribution in [2.75, 3.05) is 13.2 Å². The molecule has 1 aromatic heterocycles. The van der Waals surface area contributed by atoms with Gasteiger partial charge in [0.25, 0.3) is 0 Å². The van der Waals surface area contributed by atoms with E-state index in [4.69, 9.17) is 9.15 Å². The minimum Gasteiger partial charge on any atom is -0.493 e. The average molecular weight is 330 g/mol. The van der Waals surface area contributed by atoms with Crippen LogP contribution in [-0.2, 0) is 16.1 Å². The van der Waals surface area contributed by atoms with Gasteiger partial charge in [0.1, 0.15) is 11.5 Å². The Morgan fingerprint density at radius 3 is 2.67 bits per heavy atom. The SMILES string of the molecule is Cc1ccccc1OCCCC(=O)NCC(=O)NCc1ccco1. The van der Waals surface area contributed by atoms with Gasteiger partial charge in [-0.2, -0.15) is 0 Å². The Kier molecular flexibility index (Phi) is 6.89. The van der Waals surface area contributed by atoms with Crippen molar-refractivity contribution in [2.24, 2.45) is 0 Å². The molecule has 0 fully saturated rings. The second-order valence-corrected chi connectivity index (χ2v) is 5.35. The van der Waals surface area contributed by atoms with Crippen molar-refractivity contribution < 1.29 is 18.7 Å². The molecule has 2 aromatic rings. The minimum atomic E-state index is -0.254. The van der Waals surface area contributed by atoms with E-state index in [2.05, 4.69) is 10.6 Å². The zero-order valence-electron chi connectivity index (χ0n) is 13.7.